The summed E-state index contributed by atoms with van der Waals surface area (Å²) in [7, 11) is 0. The molecule has 0 atom stereocenters. The molecule has 91 valence electrons. The molecule has 6 nitrogen and oxygen atoms in total. The third kappa shape index (κ3) is 1.40. The summed E-state index contributed by atoms with van der Waals surface area (Å²) in [6.45, 7) is 7.01. The van der Waals surface area contributed by atoms with Crippen molar-refractivity contribution in [3.63, 3.8) is 0 Å². The van der Waals surface area contributed by atoms with Crippen LogP contribution in [0.2, 0.25) is 0 Å². The summed E-state index contributed by atoms with van der Waals surface area (Å²) in [6, 6.07) is 0. The fourth-order valence-electron chi connectivity index (χ4n) is 1.76. The van der Waals surface area contributed by atoms with Crippen molar-refractivity contribution in [1.29, 1.82) is 0 Å². The maximum absolute atomic E-state index is 12.2. The van der Waals surface area contributed by atoms with Crippen LogP contribution in [0.1, 0.15) is 33.3 Å². The van der Waals surface area contributed by atoms with Crippen LogP contribution >= 0.6 is 0 Å². The van der Waals surface area contributed by atoms with E-state index in [0.717, 1.165) is 9.80 Å². The minimum atomic E-state index is -0.806. The largest absolute Gasteiger partial charge is 0.714 e. The van der Waals surface area contributed by atoms with Gasteiger partial charge in [-0.05, 0) is 27.7 Å². The Morgan fingerprint density at radius 3 is 2.18 bits per heavy atom. The van der Waals surface area contributed by atoms with E-state index >= 15 is 0 Å². The van der Waals surface area contributed by atoms with Crippen LogP contribution < -0.4 is 0 Å². The van der Waals surface area contributed by atoms with E-state index in [0.29, 0.717) is 5.56 Å². The van der Waals surface area contributed by atoms with E-state index in [1.165, 1.54) is 18.7 Å². The summed E-state index contributed by atoms with van der Waals surface area (Å²) < 4.78 is 0.749. The van der Waals surface area contributed by atoms with Gasteiger partial charge < -0.3 is 5.21 Å². The predicted molar refractivity (Wildman–Crippen MR) is 60.5 cm³/mol. The molecule has 1 radical (unpaired) electrons. The van der Waals surface area contributed by atoms with Crippen molar-refractivity contribution >= 4 is 5.84 Å². The molecule has 2 rings (SSSR count). The lowest BCUT2D eigenvalue weighted by Gasteiger charge is -2.32. The monoisotopic (exact) mass is 235 g/mol. The van der Waals surface area contributed by atoms with Crippen molar-refractivity contribution in [2.45, 2.75) is 38.8 Å². The van der Waals surface area contributed by atoms with Gasteiger partial charge in [0.15, 0.2) is 5.54 Å². The van der Waals surface area contributed by atoms with Crippen LogP contribution in [0.5, 0.6) is 0 Å². The van der Waals surface area contributed by atoms with Gasteiger partial charge in [-0.3, -0.25) is 4.74 Å². The average Bonchev–Trinajstić information content (AvgIpc) is 2.40. The van der Waals surface area contributed by atoms with Gasteiger partial charge in [-0.2, -0.15) is 0 Å². The minimum Gasteiger partial charge on any atom is -0.714 e. The summed E-state index contributed by atoms with van der Waals surface area (Å²) in [5.41, 5.74) is -1.17. The second-order valence-electron chi connectivity index (χ2n) is 5.16. The Morgan fingerprint density at radius 2 is 1.76 bits per heavy atom. The summed E-state index contributed by atoms with van der Waals surface area (Å²) in [4.78, 5) is 7.66. The van der Waals surface area contributed by atoms with Crippen molar-refractivity contribution < 1.29 is 9.95 Å². The zero-order valence-corrected chi connectivity index (χ0v) is 10.3. The lowest BCUT2D eigenvalue weighted by Crippen LogP contribution is -2.53. The number of rotatable bonds is 1. The summed E-state index contributed by atoms with van der Waals surface area (Å²) >= 11 is 0. The first-order chi connectivity index (χ1) is 7.80. The Hall–Kier alpha value is -1.69. The molecule has 0 fully saturated rings. The Morgan fingerprint density at radius 1 is 1.24 bits per heavy atom. The van der Waals surface area contributed by atoms with Crippen molar-refractivity contribution in [3.8, 4) is 0 Å². The quantitative estimate of drug-likeness (QED) is 0.536. The maximum Gasteiger partial charge on any atom is 0.319 e. The number of aromatic nitrogens is 2. The molecule has 1 aromatic heterocycles. The number of nitrogens with zero attached hydrogens (tertiary/aromatic N) is 4. The third-order valence-corrected chi connectivity index (χ3v) is 3.72. The molecule has 1 aliphatic heterocycles. The van der Waals surface area contributed by atoms with Crippen LogP contribution in [-0.4, -0.2) is 36.7 Å². The molecule has 0 spiro atoms. The third-order valence-electron chi connectivity index (χ3n) is 3.72. The van der Waals surface area contributed by atoms with Gasteiger partial charge >= 0.3 is 5.84 Å². The summed E-state index contributed by atoms with van der Waals surface area (Å²) in [5.74, 6) is 0.0700. The molecule has 17 heavy (non-hydrogen) atoms. The Labute approximate surface area is 99.8 Å². The second-order valence-corrected chi connectivity index (χ2v) is 5.16. The second kappa shape index (κ2) is 3.40. The van der Waals surface area contributed by atoms with E-state index in [4.69, 9.17) is 0 Å². The van der Waals surface area contributed by atoms with Crippen LogP contribution in [0, 0.1) is 5.21 Å². The number of hydroxylamine groups is 3. The SMILES string of the molecule is CC1(C)N([O])C(c2cncnc2)=[N+]([O-])C1(C)C. The maximum atomic E-state index is 12.2. The fourth-order valence-corrected chi connectivity index (χ4v) is 1.76. The fraction of sp³-hybridized carbons (Fsp3) is 0.545. The molecule has 0 bridgehead atoms. The van der Waals surface area contributed by atoms with E-state index in [2.05, 4.69) is 9.97 Å². The average molecular weight is 235 g/mol. The lowest BCUT2D eigenvalue weighted by atomic mass is 9.84. The van der Waals surface area contributed by atoms with Crippen LogP contribution in [0.3, 0.4) is 0 Å². The first-order valence-corrected chi connectivity index (χ1v) is 5.37. The molecule has 0 unspecified atom stereocenters. The Kier molecular flexibility index (Phi) is 2.36. The van der Waals surface area contributed by atoms with E-state index in [-0.39, 0.29) is 5.84 Å². The Bertz CT molecular complexity index is 468. The highest BCUT2D eigenvalue weighted by Crippen LogP contribution is 2.36. The van der Waals surface area contributed by atoms with Crippen molar-refractivity contribution in [3.05, 3.63) is 29.5 Å². The molecule has 0 N–H and O–H groups in total. The van der Waals surface area contributed by atoms with Crippen LogP contribution in [0.25, 0.3) is 0 Å². The molecule has 2 heterocycles. The molecule has 6 heteroatoms. The van der Waals surface area contributed by atoms with Crippen molar-refractivity contribution in [2.75, 3.05) is 0 Å². The van der Waals surface area contributed by atoms with Gasteiger partial charge in [0.25, 0.3) is 0 Å². The van der Waals surface area contributed by atoms with Crippen molar-refractivity contribution in [1.82, 2.24) is 15.0 Å². The molecular weight excluding hydrogens is 220 g/mol. The molecule has 0 saturated carbocycles. The first kappa shape index (κ1) is 11.8. The number of hydrogen-bond acceptors (Lipinski definition) is 4. The highest BCUT2D eigenvalue weighted by molar-refractivity contribution is 5.95. The van der Waals surface area contributed by atoms with Gasteiger partial charge in [0.2, 0.25) is 0 Å². The molecular formula is C11H15N4O2. The van der Waals surface area contributed by atoms with Crippen LogP contribution in [-0.2, 0) is 5.21 Å². The van der Waals surface area contributed by atoms with Gasteiger partial charge in [-0.25, -0.2) is 9.97 Å². The normalized spacial score (nSPS) is 22.1. The van der Waals surface area contributed by atoms with Crippen LogP contribution in [0.4, 0.5) is 0 Å². The lowest BCUT2D eigenvalue weighted by molar-refractivity contribution is -0.539. The standard InChI is InChI=1S/C11H15N4O2/c1-10(2)11(3,4)15(17)9(14(10)16)8-5-12-7-13-6-8/h5-7H,1-4H3. The number of hydrogen-bond donors (Lipinski definition) is 0. The highest BCUT2D eigenvalue weighted by Gasteiger charge is 2.60. The van der Waals surface area contributed by atoms with Gasteiger partial charge in [0, 0.05) is 17.6 Å². The summed E-state index contributed by atoms with van der Waals surface area (Å²) in [5, 5.41) is 25.2. The highest BCUT2D eigenvalue weighted by atomic mass is 16.5. The van der Waals surface area contributed by atoms with Gasteiger partial charge in [-0.15, -0.1) is 0 Å². The molecule has 0 amide bonds. The molecule has 1 aliphatic rings. The van der Waals surface area contributed by atoms with Crippen molar-refractivity contribution in [2.24, 2.45) is 0 Å². The minimum absolute atomic E-state index is 0.0700. The van der Waals surface area contributed by atoms with E-state index in [1.54, 1.807) is 27.7 Å². The predicted octanol–water partition coefficient (Wildman–Crippen LogP) is 0.952. The van der Waals surface area contributed by atoms with Crippen LogP contribution in [0.15, 0.2) is 18.7 Å². The zero-order valence-electron chi connectivity index (χ0n) is 10.3. The van der Waals surface area contributed by atoms with E-state index in [1.807, 2.05) is 0 Å². The topological polar surface area (TPSA) is 75.0 Å². The summed E-state index contributed by atoms with van der Waals surface area (Å²) in [6.07, 6.45) is 4.30. The van der Waals surface area contributed by atoms with E-state index < -0.39 is 11.1 Å². The molecule has 1 aromatic rings. The number of amidine groups is 1. The van der Waals surface area contributed by atoms with E-state index in [9.17, 15) is 10.4 Å². The molecule has 0 saturated heterocycles. The Balaban J connectivity index is 2.59. The zero-order chi connectivity index (χ0) is 12.8. The first-order valence-electron chi connectivity index (χ1n) is 5.37. The smallest absolute Gasteiger partial charge is 0.319 e. The van der Waals surface area contributed by atoms with Gasteiger partial charge in [0.05, 0.1) is 0 Å². The molecule has 0 aromatic carbocycles. The van der Waals surface area contributed by atoms with Gasteiger partial charge in [-0.1, -0.05) is 5.06 Å². The van der Waals surface area contributed by atoms with Gasteiger partial charge in [0.1, 0.15) is 17.4 Å². The molecule has 0 aliphatic carbocycles.